The van der Waals surface area contributed by atoms with E-state index in [-0.39, 0.29) is 18.0 Å². The Kier molecular flexibility index (Phi) is 5.05. The number of allylic oxidation sites excluding steroid dienone is 1. The molecule has 0 bridgehead atoms. The van der Waals surface area contributed by atoms with Crippen molar-refractivity contribution in [2.75, 3.05) is 0 Å². The quantitative estimate of drug-likeness (QED) is 0.391. The summed E-state index contributed by atoms with van der Waals surface area (Å²) in [5.41, 5.74) is 6.72. The molecule has 1 aromatic carbocycles. The molecule has 3 aromatic heterocycles. The van der Waals surface area contributed by atoms with Crippen molar-refractivity contribution in [1.82, 2.24) is 14.9 Å². The Hall–Kier alpha value is -3.80. The maximum absolute atomic E-state index is 13.7. The van der Waals surface area contributed by atoms with E-state index in [0.29, 0.717) is 5.56 Å². The Labute approximate surface area is 186 Å². The van der Waals surface area contributed by atoms with Crippen molar-refractivity contribution in [3.8, 4) is 11.1 Å². The van der Waals surface area contributed by atoms with E-state index in [2.05, 4.69) is 45.8 Å². The third kappa shape index (κ3) is 3.58. The van der Waals surface area contributed by atoms with Gasteiger partial charge in [-0.1, -0.05) is 0 Å². The molecule has 0 fully saturated rings. The number of fused-ring (bicyclic) bond motifs is 1. The van der Waals surface area contributed by atoms with Crippen LogP contribution in [0.4, 0.5) is 4.39 Å². The van der Waals surface area contributed by atoms with Crippen LogP contribution < -0.4 is 0 Å². The minimum absolute atomic E-state index is 0.0104. The van der Waals surface area contributed by atoms with Gasteiger partial charge in [0.1, 0.15) is 17.6 Å². The summed E-state index contributed by atoms with van der Waals surface area (Å²) in [6.45, 7) is 6.26. The van der Waals surface area contributed by atoms with Crippen molar-refractivity contribution in [3.05, 3.63) is 90.0 Å². The summed E-state index contributed by atoms with van der Waals surface area (Å²) in [5.74, 6) is -0.366. The van der Waals surface area contributed by atoms with Gasteiger partial charge in [-0.3, -0.25) is 15.0 Å². The van der Waals surface area contributed by atoms with Crippen molar-refractivity contribution < 1.29 is 8.81 Å². The number of hydrogen-bond donors (Lipinski definition) is 0. The van der Waals surface area contributed by atoms with Crippen LogP contribution in [0.3, 0.4) is 0 Å². The fourth-order valence-electron chi connectivity index (χ4n) is 4.26. The molecule has 6 heteroatoms. The van der Waals surface area contributed by atoms with Crippen LogP contribution in [-0.2, 0) is 0 Å². The lowest BCUT2D eigenvalue weighted by Crippen LogP contribution is -2.35. The number of aliphatic imine (C=N–C) groups is 1. The Bertz CT molecular complexity index is 1360. The molecule has 1 aliphatic rings. The predicted octanol–water partition coefficient (Wildman–Crippen LogP) is 6.17. The summed E-state index contributed by atoms with van der Waals surface area (Å²) < 4.78 is 19.3. The first-order valence-electron chi connectivity index (χ1n) is 10.6. The molecule has 5 nitrogen and oxygen atoms in total. The van der Waals surface area contributed by atoms with Crippen LogP contribution in [0.1, 0.15) is 36.6 Å². The molecule has 0 radical (unpaired) electrons. The molecule has 0 saturated carbocycles. The Balaban J connectivity index is 1.53. The normalized spacial score (nSPS) is 16.9. The smallest absolute Gasteiger partial charge is 0.142 e. The Morgan fingerprint density at radius 1 is 1.00 bits per heavy atom. The number of aromatic nitrogens is 2. The average molecular weight is 426 g/mol. The fraction of sp³-hybridized carbons (Fsp3) is 0.192. The molecular weight excluding hydrogens is 403 g/mol. The fourth-order valence-corrected chi connectivity index (χ4v) is 4.26. The molecule has 1 unspecified atom stereocenters. The van der Waals surface area contributed by atoms with Gasteiger partial charge >= 0.3 is 0 Å². The lowest BCUT2D eigenvalue weighted by molar-refractivity contribution is 0.252. The van der Waals surface area contributed by atoms with Crippen LogP contribution in [0.15, 0.2) is 76.9 Å². The van der Waals surface area contributed by atoms with Crippen molar-refractivity contribution in [1.29, 1.82) is 0 Å². The van der Waals surface area contributed by atoms with E-state index in [4.69, 9.17) is 4.42 Å². The molecule has 0 aliphatic carbocycles. The van der Waals surface area contributed by atoms with Gasteiger partial charge in [0.05, 0.1) is 18.5 Å². The van der Waals surface area contributed by atoms with Crippen LogP contribution in [0, 0.1) is 12.7 Å². The second-order valence-corrected chi connectivity index (χ2v) is 8.09. The summed E-state index contributed by atoms with van der Waals surface area (Å²) in [4.78, 5) is 15.3. The van der Waals surface area contributed by atoms with Gasteiger partial charge in [0, 0.05) is 47.0 Å². The maximum Gasteiger partial charge on any atom is 0.142 e. The zero-order chi connectivity index (χ0) is 22.2. The minimum Gasteiger partial charge on any atom is -0.464 e. The summed E-state index contributed by atoms with van der Waals surface area (Å²) in [6, 6.07) is 9.76. The standard InChI is InChI=1S/C26H23FN4O/c1-16-15-32-26-5-4-19(10-24(16)26)25-6-7-30-18(3)31(25)17(2)20-8-21(12-28-11-20)22-9-23(27)14-29-13-22/h4-15,17-18H,1-3H3/t17-,18?/m0/s1. The number of furan rings is 1. The molecule has 4 aromatic rings. The molecule has 0 spiro atoms. The first-order valence-corrected chi connectivity index (χ1v) is 10.6. The number of nitrogens with zero attached hydrogens (tertiary/aromatic N) is 4. The topological polar surface area (TPSA) is 54.5 Å². The van der Waals surface area contributed by atoms with Gasteiger partial charge in [0.2, 0.25) is 0 Å². The molecule has 1 aliphatic heterocycles. The van der Waals surface area contributed by atoms with Crippen molar-refractivity contribution in [3.63, 3.8) is 0 Å². The number of pyridine rings is 2. The lowest BCUT2D eigenvalue weighted by Gasteiger charge is -2.38. The molecule has 160 valence electrons. The van der Waals surface area contributed by atoms with E-state index >= 15 is 0 Å². The molecule has 5 rings (SSSR count). The third-order valence-electron chi connectivity index (χ3n) is 5.98. The van der Waals surface area contributed by atoms with Crippen molar-refractivity contribution >= 4 is 22.9 Å². The largest absolute Gasteiger partial charge is 0.464 e. The van der Waals surface area contributed by atoms with Gasteiger partial charge in [-0.15, -0.1) is 0 Å². The average Bonchev–Trinajstić information content (AvgIpc) is 3.18. The summed E-state index contributed by atoms with van der Waals surface area (Å²) in [5, 5.41) is 1.11. The Morgan fingerprint density at radius 2 is 1.78 bits per heavy atom. The lowest BCUT2D eigenvalue weighted by atomic mass is 9.99. The van der Waals surface area contributed by atoms with Gasteiger partial charge in [-0.2, -0.15) is 0 Å². The first-order chi connectivity index (χ1) is 15.5. The molecule has 32 heavy (non-hydrogen) atoms. The highest BCUT2D eigenvalue weighted by molar-refractivity contribution is 5.90. The van der Waals surface area contributed by atoms with Gasteiger partial charge < -0.3 is 9.32 Å². The molecule has 0 N–H and O–H groups in total. The van der Waals surface area contributed by atoms with Gasteiger partial charge in [-0.25, -0.2) is 4.39 Å². The van der Waals surface area contributed by atoms with Gasteiger partial charge in [0.25, 0.3) is 0 Å². The molecule has 2 atom stereocenters. The van der Waals surface area contributed by atoms with Crippen LogP contribution in [0.5, 0.6) is 0 Å². The highest BCUT2D eigenvalue weighted by atomic mass is 19.1. The maximum atomic E-state index is 13.7. The number of hydrogen-bond acceptors (Lipinski definition) is 5. The summed E-state index contributed by atoms with van der Waals surface area (Å²) in [6.07, 6.45) is 12.1. The molecule has 0 amide bonds. The highest BCUT2D eigenvalue weighted by Gasteiger charge is 2.27. The minimum atomic E-state index is -0.366. The molecule has 4 heterocycles. The molecular formula is C26H23FN4O. The Morgan fingerprint density at radius 3 is 2.59 bits per heavy atom. The number of rotatable bonds is 4. The number of halogens is 1. The third-order valence-corrected chi connectivity index (χ3v) is 5.98. The first kappa shape index (κ1) is 20.1. The summed E-state index contributed by atoms with van der Waals surface area (Å²) >= 11 is 0. The van der Waals surface area contributed by atoms with E-state index in [1.54, 1.807) is 18.7 Å². The SMILES string of the molecule is Cc1coc2ccc(C3=CC=NC(C)N3[C@@H](C)c3cncc(-c4cncc(F)c4)c3)cc12. The second-order valence-electron chi connectivity index (χ2n) is 8.09. The van der Waals surface area contributed by atoms with Crippen LogP contribution in [0.2, 0.25) is 0 Å². The van der Waals surface area contributed by atoms with Crippen molar-refractivity contribution in [2.24, 2.45) is 4.99 Å². The monoisotopic (exact) mass is 426 g/mol. The van der Waals surface area contributed by atoms with Crippen LogP contribution in [-0.4, -0.2) is 27.2 Å². The van der Waals surface area contributed by atoms with E-state index in [1.165, 1.54) is 12.3 Å². The predicted molar refractivity (Wildman–Crippen MR) is 125 cm³/mol. The zero-order valence-electron chi connectivity index (χ0n) is 18.2. The van der Waals surface area contributed by atoms with Crippen LogP contribution >= 0.6 is 0 Å². The summed E-state index contributed by atoms with van der Waals surface area (Å²) in [7, 11) is 0. The van der Waals surface area contributed by atoms with E-state index in [9.17, 15) is 4.39 Å². The van der Waals surface area contributed by atoms with E-state index in [0.717, 1.165) is 38.9 Å². The van der Waals surface area contributed by atoms with Crippen molar-refractivity contribution in [2.45, 2.75) is 33.0 Å². The highest BCUT2D eigenvalue weighted by Crippen LogP contribution is 2.36. The number of aryl methyl sites for hydroxylation is 1. The second kappa shape index (κ2) is 8.04. The van der Waals surface area contributed by atoms with Gasteiger partial charge in [0.15, 0.2) is 0 Å². The van der Waals surface area contributed by atoms with Crippen LogP contribution in [0.25, 0.3) is 27.8 Å². The van der Waals surface area contributed by atoms with E-state index < -0.39 is 0 Å². The van der Waals surface area contributed by atoms with E-state index in [1.807, 2.05) is 37.5 Å². The van der Waals surface area contributed by atoms with Gasteiger partial charge in [-0.05, 0) is 73.9 Å². The zero-order valence-corrected chi connectivity index (χ0v) is 18.2. The number of benzene rings is 1. The molecule has 0 saturated heterocycles.